The Hall–Kier alpha value is -1.12. The molecule has 1 heterocycles. The molecule has 1 saturated carbocycles. The number of hydrogen-bond donors (Lipinski definition) is 1. The van der Waals surface area contributed by atoms with Crippen LogP contribution in [-0.4, -0.2) is 6.04 Å². The van der Waals surface area contributed by atoms with E-state index in [4.69, 9.17) is 5.73 Å². The van der Waals surface area contributed by atoms with Crippen LogP contribution in [0.25, 0.3) is 0 Å². The van der Waals surface area contributed by atoms with E-state index in [1.54, 1.807) is 11.3 Å². The summed E-state index contributed by atoms with van der Waals surface area (Å²) >= 11 is 1.75. The summed E-state index contributed by atoms with van der Waals surface area (Å²) in [5, 5.41) is 4.34. The summed E-state index contributed by atoms with van der Waals surface area (Å²) in [5.41, 5.74) is 9.49. The summed E-state index contributed by atoms with van der Waals surface area (Å²) in [5.74, 6) is 0. The molecule has 1 aliphatic carbocycles. The lowest BCUT2D eigenvalue weighted by molar-refractivity contribution is 0.515. The molecule has 0 amide bonds. The summed E-state index contributed by atoms with van der Waals surface area (Å²) in [6.07, 6.45) is 3.48. The quantitative estimate of drug-likeness (QED) is 0.875. The predicted octanol–water partition coefficient (Wildman–Crippen LogP) is 3.35. The lowest BCUT2D eigenvalue weighted by Crippen LogP contribution is -2.36. The van der Waals surface area contributed by atoms with Gasteiger partial charge in [0, 0.05) is 11.5 Å². The molecule has 0 spiro atoms. The molecule has 0 bridgehead atoms. The number of thiophene rings is 1. The standard InChI is InChI=1S/C15H17NS/c16-14(10-12-6-9-17-11-12)15(7-8-15)13-4-2-1-3-5-13/h1-6,9,11,14H,7-8,10,16H2. The van der Waals surface area contributed by atoms with Gasteiger partial charge in [-0.2, -0.15) is 11.3 Å². The molecule has 1 aromatic heterocycles. The van der Waals surface area contributed by atoms with E-state index in [0.717, 1.165) is 6.42 Å². The third-order valence-electron chi connectivity index (χ3n) is 3.88. The fourth-order valence-electron chi connectivity index (χ4n) is 2.64. The second-order valence-electron chi connectivity index (χ2n) is 4.96. The molecular formula is C15H17NS. The van der Waals surface area contributed by atoms with Crippen LogP contribution in [0.4, 0.5) is 0 Å². The first kappa shape index (κ1) is 11.0. The molecule has 2 heteroatoms. The fourth-order valence-corrected chi connectivity index (χ4v) is 3.32. The molecule has 2 N–H and O–H groups in total. The largest absolute Gasteiger partial charge is 0.327 e. The van der Waals surface area contributed by atoms with Gasteiger partial charge in [0.2, 0.25) is 0 Å². The van der Waals surface area contributed by atoms with Crippen LogP contribution in [0.2, 0.25) is 0 Å². The van der Waals surface area contributed by atoms with Crippen molar-refractivity contribution in [2.75, 3.05) is 0 Å². The number of benzene rings is 1. The normalized spacial score (nSPS) is 18.9. The second kappa shape index (κ2) is 4.28. The highest BCUT2D eigenvalue weighted by Crippen LogP contribution is 2.50. The van der Waals surface area contributed by atoms with Crippen molar-refractivity contribution in [3.8, 4) is 0 Å². The van der Waals surface area contributed by atoms with E-state index in [9.17, 15) is 0 Å². The minimum absolute atomic E-state index is 0.250. The smallest absolute Gasteiger partial charge is 0.0177 e. The third-order valence-corrected chi connectivity index (χ3v) is 4.61. The van der Waals surface area contributed by atoms with Gasteiger partial charge in [-0.1, -0.05) is 30.3 Å². The molecule has 17 heavy (non-hydrogen) atoms. The van der Waals surface area contributed by atoms with E-state index in [1.165, 1.54) is 24.0 Å². The highest BCUT2D eigenvalue weighted by Gasteiger charge is 2.48. The number of rotatable bonds is 4. The fraction of sp³-hybridized carbons (Fsp3) is 0.333. The average Bonchev–Trinajstić information content (AvgIpc) is 3.04. The Bertz CT molecular complexity index is 471. The second-order valence-corrected chi connectivity index (χ2v) is 5.74. The molecular weight excluding hydrogens is 226 g/mol. The highest BCUT2D eigenvalue weighted by molar-refractivity contribution is 7.07. The highest BCUT2D eigenvalue weighted by atomic mass is 32.1. The first-order chi connectivity index (χ1) is 8.31. The van der Waals surface area contributed by atoms with Gasteiger partial charge in [-0.25, -0.2) is 0 Å². The molecule has 0 radical (unpaired) electrons. The van der Waals surface area contributed by atoms with Crippen molar-refractivity contribution in [1.29, 1.82) is 0 Å². The monoisotopic (exact) mass is 243 g/mol. The molecule has 1 aliphatic rings. The van der Waals surface area contributed by atoms with Gasteiger partial charge in [-0.15, -0.1) is 0 Å². The summed E-state index contributed by atoms with van der Waals surface area (Å²) < 4.78 is 0. The maximum absolute atomic E-state index is 6.44. The van der Waals surface area contributed by atoms with Gasteiger partial charge in [0.1, 0.15) is 0 Å². The van der Waals surface area contributed by atoms with E-state index in [1.807, 2.05) is 0 Å². The van der Waals surface area contributed by atoms with E-state index < -0.39 is 0 Å². The van der Waals surface area contributed by atoms with Crippen molar-refractivity contribution in [2.45, 2.75) is 30.7 Å². The summed E-state index contributed by atoms with van der Waals surface area (Å²) in [6.45, 7) is 0. The van der Waals surface area contributed by atoms with E-state index in [0.29, 0.717) is 0 Å². The zero-order valence-corrected chi connectivity index (χ0v) is 10.6. The van der Waals surface area contributed by atoms with Crippen molar-refractivity contribution < 1.29 is 0 Å². The Kier molecular flexibility index (Phi) is 2.77. The van der Waals surface area contributed by atoms with Crippen LogP contribution in [0.1, 0.15) is 24.0 Å². The van der Waals surface area contributed by atoms with Crippen LogP contribution in [0.3, 0.4) is 0 Å². The lowest BCUT2D eigenvalue weighted by atomic mass is 9.85. The average molecular weight is 243 g/mol. The molecule has 2 aromatic rings. The van der Waals surface area contributed by atoms with Gasteiger partial charge in [-0.05, 0) is 47.2 Å². The van der Waals surface area contributed by atoms with Crippen LogP contribution < -0.4 is 5.73 Å². The van der Waals surface area contributed by atoms with Crippen LogP contribution >= 0.6 is 11.3 Å². The summed E-state index contributed by atoms with van der Waals surface area (Å²) in [7, 11) is 0. The summed E-state index contributed by atoms with van der Waals surface area (Å²) in [6, 6.07) is 13.2. The third kappa shape index (κ3) is 2.03. The van der Waals surface area contributed by atoms with Crippen molar-refractivity contribution in [3.63, 3.8) is 0 Å². The van der Waals surface area contributed by atoms with E-state index in [-0.39, 0.29) is 11.5 Å². The predicted molar refractivity (Wildman–Crippen MR) is 73.4 cm³/mol. The lowest BCUT2D eigenvalue weighted by Gasteiger charge is -2.23. The minimum Gasteiger partial charge on any atom is -0.327 e. The zero-order chi connectivity index (χ0) is 11.7. The molecule has 1 atom stereocenters. The van der Waals surface area contributed by atoms with E-state index in [2.05, 4.69) is 47.2 Å². The van der Waals surface area contributed by atoms with Gasteiger partial charge in [0.05, 0.1) is 0 Å². The van der Waals surface area contributed by atoms with Crippen LogP contribution in [0.15, 0.2) is 47.2 Å². The van der Waals surface area contributed by atoms with Crippen LogP contribution in [-0.2, 0) is 11.8 Å². The van der Waals surface area contributed by atoms with Crippen molar-refractivity contribution in [3.05, 3.63) is 58.3 Å². The Morgan fingerprint density at radius 1 is 1.18 bits per heavy atom. The molecule has 1 fully saturated rings. The van der Waals surface area contributed by atoms with Gasteiger partial charge in [0.25, 0.3) is 0 Å². The molecule has 88 valence electrons. The molecule has 1 aromatic carbocycles. The Morgan fingerprint density at radius 3 is 2.53 bits per heavy atom. The van der Waals surface area contributed by atoms with Crippen LogP contribution in [0.5, 0.6) is 0 Å². The number of hydrogen-bond acceptors (Lipinski definition) is 2. The van der Waals surface area contributed by atoms with Crippen molar-refractivity contribution in [1.82, 2.24) is 0 Å². The summed E-state index contributed by atoms with van der Waals surface area (Å²) in [4.78, 5) is 0. The Morgan fingerprint density at radius 2 is 1.94 bits per heavy atom. The van der Waals surface area contributed by atoms with Crippen molar-refractivity contribution in [2.24, 2.45) is 5.73 Å². The van der Waals surface area contributed by atoms with Crippen LogP contribution in [0, 0.1) is 0 Å². The van der Waals surface area contributed by atoms with Gasteiger partial charge in [0.15, 0.2) is 0 Å². The zero-order valence-electron chi connectivity index (χ0n) is 9.80. The van der Waals surface area contributed by atoms with Gasteiger partial charge in [-0.3, -0.25) is 0 Å². The van der Waals surface area contributed by atoms with Gasteiger partial charge >= 0.3 is 0 Å². The maximum atomic E-state index is 6.44. The minimum atomic E-state index is 0.250. The van der Waals surface area contributed by atoms with Gasteiger partial charge < -0.3 is 5.73 Å². The molecule has 0 saturated heterocycles. The molecule has 1 nitrogen and oxygen atoms in total. The maximum Gasteiger partial charge on any atom is 0.0177 e. The first-order valence-corrected chi connectivity index (χ1v) is 7.08. The topological polar surface area (TPSA) is 26.0 Å². The Balaban J connectivity index is 1.80. The molecule has 3 rings (SSSR count). The van der Waals surface area contributed by atoms with E-state index >= 15 is 0 Å². The number of nitrogens with two attached hydrogens (primary N) is 1. The first-order valence-electron chi connectivity index (χ1n) is 6.13. The SMILES string of the molecule is NC(Cc1ccsc1)C1(c2ccccc2)CC1. The van der Waals surface area contributed by atoms with Crippen molar-refractivity contribution >= 4 is 11.3 Å². The Labute approximate surface area is 106 Å². The molecule has 0 aliphatic heterocycles. The molecule has 1 unspecified atom stereocenters.